The van der Waals surface area contributed by atoms with Crippen molar-refractivity contribution in [2.24, 2.45) is 7.05 Å². The van der Waals surface area contributed by atoms with Gasteiger partial charge >= 0.3 is 0 Å². The summed E-state index contributed by atoms with van der Waals surface area (Å²) in [5.41, 5.74) is 3.32. The van der Waals surface area contributed by atoms with Crippen LogP contribution in [0.5, 0.6) is 11.5 Å². The van der Waals surface area contributed by atoms with Gasteiger partial charge < -0.3 is 33.5 Å². The van der Waals surface area contributed by atoms with Crippen molar-refractivity contribution in [3.8, 4) is 22.8 Å². The number of nitrogens with zero attached hydrogens (tertiary/aromatic N) is 3. The highest BCUT2D eigenvalue weighted by Crippen LogP contribution is 2.27. The minimum atomic E-state index is 0. The van der Waals surface area contributed by atoms with Crippen LogP contribution in [0.2, 0.25) is 0 Å². The molecule has 0 atom stereocenters. The van der Waals surface area contributed by atoms with E-state index in [1.54, 1.807) is 14.2 Å². The molecule has 0 bridgehead atoms. The third-order valence-electron chi connectivity index (χ3n) is 3.73. The van der Waals surface area contributed by atoms with Gasteiger partial charge in [-0.25, -0.2) is 0 Å². The molecule has 0 N–H and O–H groups in total. The van der Waals surface area contributed by atoms with Gasteiger partial charge in [-0.15, -0.1) is 9.36 Å². The quantitative estimate of drug-likeness (QED) is 0.397. The van der Waals surface area contributed by atoms with Gasteiger partial charge in [-0.1, -0.05) is 36.4 Å². The SMILES string of the molecule is COc1ccc(C[n+]2cc(-c3ccccc3)n(C)n2)cc1OC.[I-]. The van der Waals surface area contributed by atoms with Crippen molar-refractivity contribution in [1.82, 2.24) is 9.90 Å². The van der Waals surface area contributed by atoms with Crippen molar-refractivity contribution in [1.29, 1.82) is 0 Å². The van der Waals surface area contributed by atoms with Gasteiger partial charge in [0.25, 0.3) is 0 Å². The van der Waals surface area contributed by atoms with Crippen LogP contribution in [0.4, 0.5) is 0 Å². The molecule has 1 heterocycles. The van der Waals surface area contributed by atoms with E-state index in [4.69, 9.17) is 9.47 Å². The highest BCUT2D eigenvalue weighted by Gasteiger charge is 2.15. The van der Waals surface area contributed by atoms with E-state index in [-0.39, 0.29) is 24.0 Å². The Morgan fingerprint density at radius 2 is 1.71 bits per heavy atom. The van der Waals surface area contributed by atoms with Gasteiger partial charge in [-0.2, -0.15) is 0 Å². The Kier molecular flexibility index (Phi) is 6.19. The highest BCUT2D eigenvalue weighted by atomic mass is 127. The maximum Gasteiger partial charge on any atom is 0.197 e. The van der Waals surface area contributed by atoms with Gasteiger partial charge in [0.1, 0.15) is 13.6 Å². The first kappa shape index (κ1) is 18.3. The van der Waals surface area contributed by atoms with Crippen LogP contribution in [0.1, 0.15) is 5.56 Å². The van der Waals surface area contributed by atoms with E-state index < -0.39 is 0 Å². The van der Waals surface area contributed by atoms with Gasteiger partial charge in [0.2, 0.25) is 0 Å². The normalized spacial score (nSPS) is 10.1. The molecule has 0 aliphatic rings. The molecule has 0 aliphatic heterocycles. The Morgan fingerprint density at radius 1 is 1.00 bits per heavy atom. The van der Waals surface area contributed by atoms with E-state index in [1.165, 1.54) is 0 Å². The predicted octanol–water partition coefficient (Wildman–Crippen LogP) is -0.556. The number of benzene rings is 2. The van der Waals surface area contributed by atoms with Crippen LogP contribution in [0.15, 0.2) is 54.7 Å². The summed E-state index contributed by atoms with van der Waals surface area (Å²) in [7, 11) is 5.23. The van der Waals surface area contributed by atoms with Crippen molar-refractivity contribution in [2.45, 2.75) is 6.54 Å². The number of ether oxygens (including phenoxy) is 2. The molecule has 2 aromatic carbocycles. The molecular formula is C18H20IN3O2. The van der Waals surface area contributed by atoms with E-state index in [0.717, 1.165) is 28.3 Å². The molecule has 3 rings (SSSR count). The second-order valence-electron chi connectivity index (χ2n) is 5.28. The number of aromatic nitrogens is 3. The van der Waals surface area contributed by atoms with Crippen LogP contribution in [0, 0.1) is 0 Å². The molecule has 0 fully saturated rings. The lowest BCUT2D eigenvalue weighted by molar-refractivity contribution is -0.747. The molecule has 24 heavy (non-hydrogen) atoms. The summed E-state index contributed by atoms with van der Waals surface area (Å²) in [5.74, 6) is 1.46. The minimum absolute atomic E-state index is 0. The summed E-state index contributed by atoms with van der Waals surface area (Å²) in [6, 6.07) is 16.1. The zero-order valence-corrected chi connectivity index (χ0v) is 16.1. The summed E-state index contributed by atoms with van der Waals surface area (Å²) in [4.78, 5) is 0. The van der Waals surface area contributed by atoms with Crippen LogP contribution < -0.4 is 38.1 Å². The highest BCUT2D eigenvalue weighted by molar-refractivity contribution is 5.57. The maximum absolute atomic E-state index is 5.35. The summed E-state index contributed by atoms with van der Waals surface area (Å²) >= 11 is 0. The van der Waals surface area contributed by atoms with Crippen LogP contribution in [0.25, 0.3) is 11.3 Å². The van der Waals surface area contributed by atoms with Crippen molar-refractivity contribution in [3.05, 3.63) is 60.3 Å². The van der Waals surface area contributed by atoms with Crippen molar-refractivity contribution in [2.75, 3.05) is 14.2 Å². The van der Waals surface area contributed by atoms with Gasteiger partial charge in [-0.05, 0) is 17.7 Å². The van der Waals surface area contributed by atoms with Gasteiger partial charge in [0, 0.05) is 5.56 Å². The molecule has 0 spiro atoms. The molecule has 0 saturated carbocycles. The second-order valence-corrected chi connectivity index (χ2v) is 5.28. The zero-order chi connectivity index (χ0) is 16.2. The average Bonchev–Trinajstić information content (AvgIpc) is 2.95. The van der Waals surface area contributed by atoms with Gasteiger partial charge in [0.15, 0.2) is 23.4 Å². The van der Waals surface area contributed by atoms with Crippen LogP contribution in [-0.2, 0) is 13.6 Å². The molecule has 0 radical (unpaired) electrons. The van der Waals surface area contributed by atoms with Crippen molar-refractivity contribution in [3.63, 3.8) is 0 Å². The first-order chi connectivity index (χ1) is 11.2. The monoisotopic (exact) mass is 437 g/mol. The topological polar surface area (TPSA) is 40.2 Å². The number of rotatable bonds is 5. The van der Waals surface area contributed by atoms with E-state index in [0.29, 0.717) is 6.54 Å². The Hall–Kier alpha value is -2.09. The molecule has 6 heteroatoms. The Labute approximate surface area is 158 Å². The van der Waals surface area contributed by atoms with E-state index >= 15 is 0 Å². The molecule has 0 amide bonds. The van der Waals surface area contributed by atoms with E-state index in [1.807, 2.05) is 59.0 Å². The predicted molar refractivity (Wildman–Crippen MR) is 87.5 cm³/mol. The summed E-state index contributed by atoms with van der Waals surface area (Å²) in [5, 5.41) is 4.54. The average molecular weight is 437 g/mol. The number of aryl methyl sites for hydroxylation is 1. The number of methoxy groups -OCH3 is 2. The Morgan fingerprint density at radius 3 is 2.38 bits per heavy atom. The van der Waals surface area contributed by atoms with Crippen LogP contribution in [0.3, 0.4) is 0 Å². The summed E-state index contributed by atoms with van der Waals surface area (Å²) < 4.78 is 14.4. The Bertz CT molecular complexity index is 803. The molecule has 126 valence electrons. The standard InChI is InChI=1S/C18H20N3O2.HI/c1-20-16(15-7-5-4-6-8-15)13-21(19-20)12-14-9-10-17(22-2)18(11-14)23-3;/h4-11,13H,12H2,1-3H3;1H/q+1;/p-1. The fraction of sp³-hybridized carbons (Fsp3) is 0.222. The summed E-state index contributed by atoms with van der Waals surface area (Å²) in [6.07, 6.45) is 2.05. The minimum Gasteiger partial charge on any atom is -1.00 e. The van der Waals surface area contributed by atoms with Crippen molar-refractivity contribution < 1.29 is 38.1 Å². The fourth-order valence-electron chi connectivity index (χ4n) is 2.58. The van der Waals surface area contributed by atoms with Crippen molar-refractivity contribution >= 4 is 0 Å². The van der Waals surface area contributed by atoms with Crippen LogP contribution in [-0.4, -0.2) is 24.1 Å². The smallest absolute Gasteiger partial charge is 0.197 e. The summed E-state index contributed by atoms with van der Waals surface area (Å²) in [6.45, 7) is 0.668. The number of halogens is 1. The molecular weight excluding hydrogens is 417 g/mol. The fourth-order valence-corrected chi connectivity index (χ4v) is 2.58. The molecule has 0 unspecified atom stereocenters. The molecule has 3 aromatic rings. The first-order valence-electron chi connectivity index (χ1n) is 7.41. The zero-order valence-electron chi connectivity index (χ0n) is 13.9. The lowest BCUT2D eigenvalue weighted by atomic mass is 10.1. The molecule has 0 saturated heterocycles. The maximum atomic E-state index is 5.35. The number of hydrogen-bond acceptors (Lipinski definition) is 3. The van der Waals surface area contributed by atoms with E-state index in [2.05, 4.69) is 17.3 Å². The number of hydrogen-bond donors (Lipinski definition) is 0. The lowest BCUT2D eigenvalue weighted by Crippen LogP contribution is -3.00. The third kappa shape index (κ3) is 3.87. The Balaban J connectivity index is 0.00000208. The lowest BCUT2D eigenvalue weighted by Gasteiger charge is -2.08. The largest absolute Gasteiger partial charge is 1.00 e. The van der Waals surface area contributed by atoms with Crippen LogP contribution >= 0.6 is 0 Å². The third-order valence-corrected chi connectivity index (χ3v) is 3.73. The molecule has 5 nitrogen and oxygen atoms in total. The molecule has 0 aliphatic carbocycles. The molecule has 1 aromatic heterocycles. The van der Waals surface area contributed by atoms with E-state index in [9.17, 15) is 0 Å². The van der Waals surface area contributed by atoms with Gasteiger partial charge in [0.05, 0.1) is 19.4 Å². The first-order valence-corrected chi connectivity index (χ1v) is 7.41. The second kappa shape index (κ2) is 8.14. The van der Waals surface area contributed by atoms with Gasteiger partial charge in [-0.3, -0.25) is 0 Å².